The fourth-order valence-electron chi connectivity index (χ4n) is 2.31. The Morgan fingerprint density at radius 3 is 2.35 bits per heavy atom. The van der Waals surface area contributed by atoms with E-state index >= 15 is 0 Å². The molecule has 0 saturated carbocycles. The fraction of sp³-hybridized carbons (Fsp3) is 0.294. The van der Waals surface area contributed by atoms with Gasteiger partial charge in [-0.25, -0.2) is 0 Å². The Morgan fingerprint density at radius 1 is 1.00 bits per heavy atom. The van der Waals surface area contributed by atoms with E-state index in [-0.39, 0.29) is 24.7 Å². The zero-order chi connectivity index (χ0) is 17.0. The van der Waals surface area contributed by atoms with Gasteiger partial charge >= 0.3 is 6.36 Å². The second-order valence-electron chi connectivity index (χ2n) is 5.16. The van der Waals surface area contributed by atoms with Crippen LogP contribution in [0.3, 0.4) is 0 Å². The third-order valence-electron chi connectivity index (χ3n) is 3.24. The summed E-state index contributed by atoms with van der Waals surface area (Å²) >= 11 is 0. The Balaban J connectivity index is 2.44. The average Bonchev–Trinajstić information content (AvgIpc) is 2.44. The van der Waals surface area contributed by atoms with Crippen LogP contribution in [-0.2, 0) is 0 Å². The van der Waals surface area contributed by atoms with Crippen molar-refractivity contribution >= 4 is 0 Å². The fourth-order valence-corrected chi connectivity index (χ4v) is 2.31. The largest absolute Gasteiger partial charge is 0.573 e. The van der Waals surface area contributed by atoms with Gasteiger partial charge in [0, 0.05) is 6.54 Å². The minimum Gasteiger partial charge on any atom is -0.488 e. The molecule has 2 aromatic carbocycles. The van der Waals surface area contributed by atoms with Crippen molar-refractivity contribution in [2.24, 2.45) is 5.73 Å². The van der Waals surface area contributed by atoms with Crippen LogP contribution in [0.25, 0.3) is 11.1 Å². The van der Waals surface area contributed by atoms with Crippen molar-refractivity contribution in [1.29, 1.82) is 0 Å². The molecule has 0 amide bonds. The van der Waals surface area contributed by atoms with E-state index in [0.29, 0.717) is 5.56 Å². The van der Waals surface area contributed by atoms with Crippen LogP contribution < -0.4 is 15.2 Å². The van der Waals surface area contributed by atoms with Crippen LogP contribution in [0.1, 0.15) is 11.1 Å². The monoisotopic (exact) mass is 325 g/mol. The lowest BCUT2D eigenvalue weighted by Crippen LogP contribution is -2.18. The highest BCUT2D eigenvalue weighted by atomic mass is 19.4. The summed E-state index contributed by atoms with van der Waals surface area (Å²) in [7, 11) is 0. The minimum atomic E-state index is -4.79. The standard InChI is InChI=1S/C17H18F3NO2/c1-11-3-5-14(12(2)9-11)13-4-6-15(22-8-7-21)16(10-13)23-17(18,19)20/h3-6,9-10H,7-8,21H2,1-2H3. The van der Waals surface area contributed by atoms with Crippen LogP contribution in [0.2, 0.25) is 0 Å². The van der Waals surface area contributed by atoms with Gasteiger partial charge in [-0.1, -0.05) is 29.8 Å². The number of benzene rings is 2. The number of hydrogen-bond donors (Lipinski definition) is 1. The quantitative estimate of drug-likeness (QED) is 0.896. The molecule has 2 N–H and O–H groups in total. The zero-order valence-corrected chi connectivity index (χ0v) is 12.9. The Kier molecular flexibility index (Phi) is 5.15. The molecule has 0 fully saturated rings. The molecular formula is C17H18F3NO2. The number of hydrogen-bond acceptors (Lipinski definition) is 3. The maximum absolute atomic E-state index is 12.6. The van der Waals surface area contributed by atoms with Gasteiger partial charge < -0.3 is 15.2 Å². The van der Waals surface area contributed by atoms with Crippen LogP contribution in [0.15, 0.2) is 36.4 Å². The van der Waals surface area contributed by atoms with Gasteiger partial charge in [0.1, 0.15) is 6.61 Å². The van der Waals surface area contributed by atoms with Crippen molar-refractivity contribution in [1.82, 2.24) is 0 Å². The lowest BCUT2D eigenvalue weighted by atomic mass is 9.98. The predicted octanol–water partition coefficient (Wildman–Crippen LogP) is 4.21. The molecule has 0 aliphatic carbocycles. The van der Waals surface area contributed by atoms with Crippen molar-refractivity contribution in [3.8, 4) is 22.6 Å². The average molecular weight is 325 g/mol. The maximum Gasteiger partial charge on any atom is 0.573 e. The molecule has 0 radical (unpaired) electrons. The first kappa shape index (κ1) is 17.1. The van der Waals surface area contributed by atoms with Crippen LogP contribution in [0.5, 0.6) is 11.5 Å². The molecule has 6 heteroatoms. The third-order valence-corrected chi connectivity index (χ3v) is 3.24. The number of halogens is 3. The SMILES string of the molecule is Cc1ccc(-c2ccc(OCCN)c(OC(F)(F)F)c2)c(C)c1. The highest BCUT2D eigenvalue weighted by Gasteiger charge is 2.32. The Labute approximate surface area is 132 Å². The summed E-state index contributed by atoms with van der Waals surface area (Å²) in [5.74, 6) is -0.357. The summed E-state index contributed by atoms with van der Waals surface area (Å²) in [5.41, 5.74) is 8.84. The Bertz CT molecular complexity index is 684. The van der Waals surface area contributed by atoms with E-state index in [1.165, 1.54) is 12.1 Å². The first-order valence-corrected chi connectivity index (χ1v) is 7.10. The van der Waals surface area contributed by atoms with Crippen molar-refractivity contribution in [3.05, 3.63) is 47.5 Å². The molecule has 0 saturated heterocycles. The van der Waals surface area contributed by atoms with Crippen LogP contribution in [0, 0.1) is 13.8 Å². The molecule has 0 bridgehead atoms. The highest BCUT2D eigenvalue weighted by molar-refractivity contribution is 5.70. The highest BCUT2D eigenvalue weighted by Crippen LogP contribution is 2.37. The summed E-state index contributed by atoms with van der Waals surface area (Å²) in [6.45, 7) is 4.17. The van der Waals surface area contributed by atoms with Gasteiger partial charge in [-0.05, 0) is 42.7 Å². The molecule has 0 aliphatic heterocycles. The minimum absolute atomic E-state index is 0.0151. The Hall–Kier alpha value is -2.21. The summed E-state index contributed by atoms with van der Waals surface area (Å²) in [5, 5.41) is 0. The van der Waals surface area contributed by atoms with Crippen LogP contribution in [0.4, 0.5) is 13.2 Å². The van der Waals surface area contributed by atoms with Gasteiger partial charge in [-0.15, -0.1) is 13.2 Å². The lowest BCUT2D eigenvalue weighted by molar-refractivity contribution is -0.275. The first-order chi connectivity index (χ1) is 10.8. The molecule has 0 aliphatic rings. The maximum atomic E-state index is 12.6. The second-order valence-corrected chi connectivity index (χ2v) is 5.16. The normalized spacial score (nSPS) is 11.4. The Morgan fingerprint density at radius 2 is 1.74 bits per heavy atom. The van der Waals surface area contributed by atoms with Crippen molar-refractivity contribution < 1.29 is 22.6 Å². The van der Waals surface area contributed by atoms with Gasteiger partial charge in [0.05, 0.1) is 0 Å². The van der Waals surface area contributed by atoms with Gasteiger partial charge in [0.25, 0.3) is 0 Å². The third kappa shape index (κ3) is 4.63. The van der Waals surface area contributed by atoms with Gasteiger partial charge in [0.15, 0.2) is 11.5 Å². The van der Waals surface area contributed by atoms with Crippen LogP contribution in [-0.4, -0.2) is 19.5 Å². The predicted molar refractivity (Wildman–Crippen MR) is 82.6 cm³/mol. The molecule has 0 heterocycles. The number of ether oxygens (including phenoxy) is 2. The van der Waals surface area contributed by atoms with E-state index in [1.54, 1.807) is 6.07 Å². The van der Waals surface area contributed by atoms with Crippen molar-refractivity contribution in [2.45, 2.75) is 20.2 Å². The van der Waals surface area contributed by atoms with E-state index in [1.807, 2.05) is 32.0 Å². The topological polar surface area (TPSA) is 44.5 Å². The molecule has 2 aromatic rings. The van der Waals surface area contributed by atoms with E-state index in [2.05, 4.69) is 4.74 Å². The van der Waals surface area contributed by atoms with Crippen LogP contribution >= 0.6 is 0 Å². The molecule has 0 spiro atoms. The molecule has 23 heavy (non-hydrogen) atoms. The molecular weight excluding hydrogens is 307 g/mol. The molecule has 0 atom stereocenters. The van der Waals surface area contributed by atoms with Crippen molar-refractivity contribution in [2.75, 3.05) is 13.2 Å². The first-order valence-electron chi connectivity index (χ1n) is 7.10. The molecule has 2 rings (SSSR count). The van der Waals surface area contributed by atoms with E-state index in [9.17, 15) is 13.2 Å². The van der Waals surface area contributed by atoms with E-state index < -0.39 is 6.36 Å². The summed E-state index contributed by atoms with van der Waals surface area (Å²) in [6, 6.07) is 10.2. The molecule has 3 nitrogen and oxygen atoms in total. The number of rotatable bonds is 5. The number of alkyl halides is 3. The van der Waals surface area contributed by atoms with E-state index in [4.69, 9.17) is 10.5 Å². The molecule has 0 aromatic heterocycles. The summed E-state index contributed by atoms with van der Waals surface area (Å²) < 4.78 is 47.1. The van der Waals surface area contributed by atoms with Gasteiger partial charge in [-0.2, -0.15) is 0 Å². The molecule has 0 unspecified atom stereocenters. The zero-order valence-electron chi connectivity index (χ0n) is 12.9. The van der Waals surface area contributed by atoms with Gasteiger partial charge in [-0.3, -0.25) is 0 Å². The smallest absolute Gasteiger partial charge is 0.488 e. The lowest BCUT2D eigenvalue weighted by Gasteiger charge is -2.16. The van der Waals surface area contributed by atoms with Crippen molar-refractivity contribution in [3.63, 3.8) is 0 Å². The molecule has 124 valence electrons. The van der Waals surface area contributed by atoms with E-state index in [0.717, 1.165) is 16.7 Å². The van der Waals surface area contributed by atoms with Gasteiger partial charge in [0.2, 0.25) is 0 Å². The number of aryl methyl sites for hydroxylation is 2. The number of nitrogens with two attached hydrogens (primary N) is 1. The summed E-state index contributed by atoms with van der Waals surface area (Å²) in [6.07, 6.45) is -4.79. The summed E-state index contributed by atoms with van der Waals surface area (Å²) in [4.78, 5) is 0. The second kappa shape index (κ2) is 6.91.